The van der Waals surface area contributed by atoms with E-state index in [1.807, 2.05) is 6.07 Å². The van der Waals surface area contributed by atoms with Crippen molar-refractivity contribution in [3.05, 3.63) is 66.2 Å². The maximum absolute atomic E-state index is 6.00. The number of ether oxygens (including phenoxy) is 1. The molecule has 0 aliphatic heterocycles. The van der Waals surface area contributed by atoms with E-state index >= 15 is 0 Å². The first kappa shape index (κ1) is 17.0. The number of aromatic nitrogens is 2. The summed E-state index contributed by atoms with van der Waals surface area (Å²) in [5.74, 6) is 2.01. The summed E-state index contributed by atoms with van der Waals surface area (Å²) in [5, 5.41) is 3.41. The van der Waals surface area contributed by atoms with Crippen LogP contribution in [0.15, 0.2) is 65.8 Å². The van der Waals surface area contributed by atoms with E-state index in [-0.39, 0.29) is 0 Å². The van der Waals surface area contributed by atoms with Gasteiger partial charge in [0.15, 0.2) is 5.16 Å². The molecule has 0 aliphatic carbocycles. The van der Waals surface area contributed by atoms with E-state index in [0.29, 0.717) is 0 Å². The third kappa shape index (κ3) is 3.86. The fourth-order valence-electron chi connectivity index (χ4n) is 3.05. The number of rotatable bonds is 7. The fourth-order valence-corrected chi connectivity index (χ4v) is 3.93. The second-order valence-corrected chi connectivity index (χ2v) is 7.53. The van der Waals surface area contributed by atoms with Crippen LogP contribution in [-0.4, -0.2) is 22.3 Å². The molecule has 0 aliphatic rings. The average molecular weight is 362 g/mol. The SMILES string of the molecule is Cc1ccc2nc(SCCCCOc3cccc4ccccc34)[nH]c2c1. The van der Waals surface area contributed by atoms with Gasteiger partial charge in [0, 0.05) is 11.1 Å². The number of hydrogen-bond acceptors (Lipinski definition) is 3. The number of nitrogens with zero attached hydrogens (tertiary/aromatic N) is 1. The molecule has 0 bridgehead atoms. The smallest absolute Gasteiger partial charge is 0.166 e. The number of benzene rings is 3. The van der Waals surface area contributed by atoms with Crippen LogP contribution in [0.25, 0.3) is 21.8 Å². The molecule has 4 aromatic rings. The van der Waals surface area contributed by atoms with Gasteiger partial charge in [-0.1, -0.05) is 54.2 Å². The highest BCUT2D eigenvalue weighted by Crippen LogP contribution is 2.25. The molecule has 1 heterocycles. The Hall–Kier alpha value is -2.46. The van der Waals surface area contributed by atoms with E-state index in [1.165, 1.54) is 16.3 Å². The predicted octanol–water partition coefficient (Wildman–Crippen LogP) is 5.98. The van der Waals surface area contributed by atoms with E-state index in [2.05, 4.69) is 71.5 Å². The predicted molar refractivity (Wildman–Crippen MR) is 110 cm³/mol. The van der Waals surface area contributed by atoms with Gasteiger partial charge in [-0.25, -0.2) is 4.98 Å². The molecule has 0 amide bonds. The van der Waals surface area contributed by atoms with Crippen LogP contribution in [0.1, 0.15) is 18.4 Å². The largest absolute Gasteiger partial charge is 0.493 e. The molecule has 4 heteroatoms. The van der Waals surface area contributed by atoms with Crippen LogP contribution in [-0.2, 0) is 0 Å². The number of fused-ring (bicyclic) bond motifs is 2. The Bertz CT molecular complexity index is 1020. The molecule has 0 saturated carbocycles. The quantitative estimate of drug-likeness (QED) is 0.325. The Labute approximate surface area is 157 Å². The lowest BCUT2D eigenvalue weighted by molar-refractivity contribution is 0.313. The van der Waals surface area contributed by atoms with Crippen molar-refractivity contribution >= 4 is 33.6 Å². The Morgan fingerprint density at radius 2 is 1.88 bits per heavy atom. The molecular weight excluding hydrogens is 340 g/mol. The second kappa shape index (κ2) is 7.83. The van der Waals surface area contributed by atoms with E-state index < -0.39 is 0 Å². The molecule has 0 radical (unpaired) electrons. The molecule has 1 aromatic heterocycles. The minimum absolute atomic E-state index is 0.744. The van der Waals surface area contributed by atoms with Crippen LogP contribution in [0, 0.1) is 6.92 Å². The monoisotopic (exact) mass is 362 g/mol. The van der Waals surface area contributed by atoms with E-state index in [4.69, 9.17) is 4.74 Å². The molecule has 1 N–H and O–H groups in total. The number of unbranched alkanes of at least 4 members (excludes halogenated alkanes) is 1. The zero-order valence-corrected chi connectivity index (χ0v) is 15.7. The molecule has 0 unspecified atom stereocenters. The highest BCUT2D eigenvalue weighted by atomic mass is 32.2. The normalized spacial score (nSPS) is 11.3. The molecule has 26 heavy (non-hydrogen) atoms. The number of thioether (sulfide) groups is 1. The third-order valence-electron chi connectivity index (χ3n) is 4.40. The molecule has 132 valence electrons. The van der Waals surface area contributed by atoms with Crippen molar-refractivity contribution in [3.63, 3.8) is 0 Å². The van der Waals surface area contributed by atoms with Gasteiger partial charge in [-0.3, -0.25) is 0 Å². The standard InChI is InChI=1S/C22H22N2OS/c1-16-11-12-19-20(15-16)24-22(23-19)26-14-5-4-13-25-21-10-6-8-17-7-2-3-9-18(17)21/h2-3,6-12,15H,4-5,13-14H2,1H3,(H,23,24). The van der Waals surface area contributed by atoms with Gasteiger partial charge in [-0.2, -0.15) is 0 Å². The lowest BCUT2D eigenvalue weighted by Crippen LogP contribution is -1.98. The Balaban J connectivity index is 1.25. The Kier molecular flexibility index (Phi) is 5.12. The molecule has 0 spiro atoms. The van der Waals surface area contributed by atoms with Gasteiger partial charge in [0.25, 0.3) is 0 Å². The summed E-state index contributed by atoms with van der Waals surface area (Å²) < 4.78 is 6.00. The molecule has 3 aromatic carbocycles. The summed E-state index contributed by atoms with van der Waals surface area (Å²) in [5.41, 5.74) is 3.41. The molecular formula is C22H22N2OS. The zero-order chi connectivity index (χ0) is 17.8. The highest BCUT2D eigenvalue weighted by Gasteiger charge is 2.04. The summed E-state index contributed by atoms with van der Waals surface area (Å²) in [6, 6.07) is 20.9. The van der Waals surface area contributed by atoms with Crippen LogP contribution in [0.3, 0.4) is 0 Å². The second-order valence-electron chi connectivity index (χ2n) is 6.44. The van der Waals surface area contributed by atoms with Gasteiger partial charge in [-0.05, 0) is 48.9 Å². The number of nitrogens with one attached hydrogen (secondary N) is 1. The van der Waals surface area contributed by atoms with E-state index in [0.717, 1.165) is 47.1 Å². The van der Waals surface area contributed by atoms with E-state index in [1.54, 1.807) is 11.8 Å². The van der Waals surface area contributed by atoms with Gasteiger partial charge >= 0.3 is 0 Å². The maximum atomic E-state index is 6.00. The number of aromatic amines is 1. The number of hydrogen-bond donors (Lipinski definition) is 1. The van der Waals surface area contributed by atoms with Gasteiger partial charge in [0.2, 0.25) is 0 Å². The summed E-state index contributed by atoms with van der Waals surface area (Å²) in [6.07, 6.45) is 2.14. The van der Waals surface area contributed by atoms with Crippen LogP contribution >= 0.6 is 11.8 Å². The first-order chi connectivity index (χ1) is 12.8. The highest BCUT2D eigenvalue weighted by molar-refractivity contribution is 7.99. The summed E-state index contributed by atoms with van der Waals surface area (Å²) in [7, 11) is 0. The first-order valence-electron chi connectivity index (χ1n) is 8.99. The van der Waals surface area contributed by atoms with Gasteiger partial charge < -0.3 is 9.72 Å². The molecule has 4 rings (SSSR count). The Morgan fingerprint density at radius 3 is 2.85 bits per heavy atom. The summed E-state index contributed by atoms with van der Waals surface area (Å²) >= 11 is 1.78. The van der Waals surface area contributed by atoms with Crippen LogP contribution in [0.2, 0.25) is 0 Å². The number of H-pyrrole nitrogens is 1. The van der Waals surface area contributed by atoms with Crippen molar-refractivity contribution < 1.29 is 4.74 Å². The van der Waals surface area contributed by atoms with Crippen molar-refractivity contribution in [2.45, 2.75) is 24.9 Å². The molecule has 0 atom stereocenters. The van der Waals surface area contributed by atoms with Gasteiger partial charge in [0.1, 0.15) is 5.75 Å². The number of imidazole rings is 1. The minimum atomic E-state index is 0.744. The van der Waals surface area contributed by atoms with Crippen molar-refractivity contribution in [2.24, 2.45) is 0 Å². The van der Waals surface area contributed by atoms with Gasteiger partial charge in [0.05, 0.1) is 17.6 Å². The minimum Gasteiger partial charge on any atom is -0.493 e. The topological polar surface area (TPSA) is 37.9 Å². The van der Waals surface area contributed by atoms with Crippen molar-refractivity contribution in [1.82, 2.24) is 9.97 Å². The van der Waals surface area contributed by atoms with Crippen molar-refractivity contribution in [1.29, 1.82) is 0 Å². The maximum Gasteiger partial charge on any atom is 0.166 e. The van der Waals surface area contributed by atoms with Crippen LogP contribution < -0.4 is 4.74 Å². The van der Waals surface area contributed by atoms with Crippen molar-refractivity contribution in [2.75, 3.05) is 12.4 Å². The van der Waals surface area contributed by atoms with Crippen LogP contribution in [0.5, 0.6) is 5.75 Å². The average Bonchev–Trinajstić information content (AvgIpc) is 3.06. The van der Waals surface area contributed by atoms with Crippen LogP contribution in [0.4, 0.5) is 0 Å². The Morgan fingerprint density at radius 1 is 1.00 bits per heavy atom. The molecule has 3 nitrogen and oxygen atoms in total. The summed E-state index contributed by atoms with van der Waals surface area (Å²) in [6.45, 7) is 2.84. The summed E-state index contributed by atoms with van der Waals surface area (Å²) in [4.78, 5) is 8.02. The van der Waals surface area contributed by atoms with Gasteiger partial charge in [-0.15, -0.1) is 0 Å². The fraction of sp³-hybridized carbons (Fsp3) is 0.227. The van der Waals surface area contributed by atoms with E-state index in [9.17, 15) is 0 Å². The van der Waals surface area contributed by atoms with Crippen molar-refractivity contribution in [3.8, 4) is 5.75 Å². The lowest BCUT2D eigenvalue weighted by atomic mass is 10.1. The molecule has 0 fully saturated rings. The zero-order valence-electron chi connectivity index (χ0n) is 14.9. The molecule has 0 saturated heterocycles. The first-order valence-corrected chi connectivity index (χ1v) is 9.98. The number of aryl methyl sites for hydroxylation is 1. The lowest BCUT2D eigenvalue weighted by Gasteiger charge is -2.09. The third-order valence-corrected chi connectivity index (χ3v) is 5.36.